The fraction of sp³-hybridized carbons (Fsp3) is 0.500. The summed E-state index contributed by atoms with van der Waals surface area (Å²) in [5, 5.41) is 8.71. The lowest BCUT2D eigenvalue weighted by Gasteiger charge is -2.31. The zero-order valence-electron chi connectivity index (χ0n) is 11.1. The summed E-state index contributed by atoms with van der Waals surface area (Å²) < 4.78 is 4.64. The van der Waals surface area contributed by atoms with Crippen LogP contribution in [0.2, 0.25) is 0 Å². The number of hydrogen-bond acceptors (Lipinski definition) is 5. The number of amides is 2. The molecule has 2 heterocycles. The summed E-state index contributed by atoms with van der Waals surface area (Å²) in [6.45, 7) is 1.08. The summed E-state index contributed by atoms with van der Waals surface area (Å²) in [6.07, 6.45) is 0.964. The molecule has 0 aliphatic carbocycles. The first-order chi connectivity index (χ1) is 9.60. The van der Waals surface area contributed by atoms with Crippen molar-refractivity contribution in [2.24, 2.45) is 0 Å². The fourth-order valence-electron chi connectivity index (χ4n) is 2.07. The highest BCUT2D eigenvalue weighted by molar-refractivity contribution is 5.92. The van der Waals surface area contributed by atoms with Gasteiger partial charge in [0.05, 0.1) is 7.11 Å². The van der Waals surface area contributed by atoms with E-state index in [1.807, 2.05) is 0 Å². The van der Waals surface area contributed by atoms with E-state index in [9.17, 15) is 14.4 Å². The number of methoxy groups -OCH3 is 1. The summed E-state index contributed by atoms with van der Waals surface area (Å²) in [7, 11) is 1.35. The molecule has 0 atom stereocenters. The third kappa shape index (κ3) is 3.34. The molecule has 0 unspecified atom stereocenters. The van der Waals surface area contributed by atoms with E-state index in [0.717, 1.165) is 0 Å². The van der Waals surface area contributed by atoms with Crippen LogP contribution in [0.5, 0.6) is 0 Å². The van der Waals surface area contributed by atoms with E-state index in [1.165, 1.54) is 19.2 Å². The van der Waals surface area contributed by atoms with Crippen molar-refractivity contribution in [3.63, 3.8) is 0 Å². The Bertz CT molecular complexity index is 528. The Balaban J connectivity index is 1.86. The van der Waals surface area contributed by atoms with Crippen molar-refractivity contribution in [3.8, 4) is 0 Å². The lowest BCUT2D eigenvalue weighted by atomic mass is 10.1. The van der Waals surface area contributed by atoms with Gasteiger partial charge in [0.15, 0.2) is 0 Å². The highest BCUT2D eigenvalue weighted by Gasteiger charge is 2.24. The normalized spacial score (nSPS) is 15.8. The first-order valence-corrected chi connectivity index (χ1v) is 6.29. The highest BCUT2D eigenvalue weighted by atomic mass is 16.5. The lowest BCUT2D eigenvalue weighted by Crippen LogP contribution is -2.46. The SMILES string of the molecule is COC(=O)N1CCC(NC(=O)c2ccc(=O)[nH]n2)CC1. The summed E-state index contributed by atoms with van der Waals surface area (Å²) in [5.74, 6) is -0.335. The molecule has 1 aromatic heterocycles. The number of rotatable bonds is 2. The highest BCUT2D eigenvalue weighted by Crippen LogP contribution is 2.11. The van der Waals surface area contributed by atoms with Gasteiger partial charge in [-0.25, -0.2) is 9.89 Å². The predicted molar refractivity (Wildman–Crippen MR) is 69.3 cm³/mol. The molecule has 108 valence electrons. The van der Waals surface area contributed by atoms with Crippen molar-refractivity contribution in [1.29, 1.82) is 0 Å². The van der Waals surface area contributed by atoms with E-state index in [1.54, 1.807) is 4.90 Å². The molecule has 2 N–H and O–H groups in total. The molecule has 0 aromatic carbocycles. The number of aromatic amines is 1. The van der Waals surface area contributed by atoms with Crippen LogP contribution in [0, 0.1) is 0 Å². The number of nitrogens with one attached hydrogen (secondary N) is 2. The molecule has 1 aliphatic heterocycles. The Morgan fingerprint density at radius 1 is 1.40 bits per heavy atom. The number of nitrogens with zero attached hydrogens (tertiary/aromatic N) is 2. The zero-order chi connectivity index (χ0) is 14.5. The molecule has 0 saturated carbocycles. The van der Waals surface area contributed by atoms with Crippen molar-refractivity contribution < 1.29 is 14.3 Å². The van der Waals surface area contributed by atoms with Crippen LogP contribution < -0.4 is 10.9 Å². The predicted octanol–water partition coefficient (Wildman–Crippen LogP) is -0.269. The molecule has 2 amide bonds. The number of carbonyl (C=O) groups excluding carboxylic acids is 2. The third-order valence-electron chi connectivity index (χ3n) is 3.17. The maximum Gasteiger partial charge on any atom is 0.409 e. The fourth-order valence-corrected chi connectivity index (χ4v) is 2.07. The van der Waals surface area contributed by atoms with Crippen molar-refractivity contribution in [2.45, 2.75) is 18.9 Å². The third-order valence-corrected chi connectivity index (χ3v) is 3.17. The summed E-state index contributed by atoms with van der Waals surface area (Å²) in [6, 6.07) is 2.61. The molecule has 20 heavy (non-hydrogen) atoms. The molecule has 1 aromatic rings. The zero-order valence-corrected chi connectivity index (χ0v) is 11.1. The molecular weight excluding hydrogens is 264 g/mol. The maximum absolute atomic E-state index is 11.9. The standard InChI is InChI=1S/C12H16N4O4/c1-20-12(19)16-6-4-8(5-7-16)13-11(18)9-2-3-10(17)15-14-9/h2-3,8H,4-7H2,1H3,(H,13,18)(H,15,17). The molecule has 0 spiro atoms. The molecule has 1 fully saturated rings. The number of carbonyl (C=O) groups is 2. The van der Waals surface area contributed by atoms with E-state index < -0.39 is 0 Å². The van der Waals surface area contributed by atoms with Crippen LogP contribution in [-0.2, 0) is 4.74 Å². The molecule has 0 bridgehead atoms. The van der Waals surface area contributed by atoms with E-state index in [4.69, 9.17) is 0 Å². The van der Waals surface area contributed by atoms with Gasteiger partial charge in [-0.1, -0.05) is 0 Å². The average Bonchev–Trinajstić information content (AvgIpc) is 2.48. The van der Waals surface area contributed by atoms with E-state index in [0.29, 0.717) is 25.9 Å². The number of ether oxygens (including phenoxy) is 1. The van der Waals surface area contributed by atoms with E-state index in [2.05, 4.69) is 20.3 Å². The number of hydrogen-bond donors (Lipinski definition) is 2. The molecule has 1 saturated heterocycles. The van der Waals surface area contributed by atoms with Gasteiger partial charge >= 0.3 is 6.09 Å². The monoisotopic (exact) mass is 280 g/mol. The Morgan fingerprint density at radius 2 is 2.10 bits per heavy atom. The Labute approximate surface area is 115 Å². The van der Waals surface area contributed by atoms with Crippen LogP contribution >= 0.6 is 0 Å². The molecular formula is C12H16N4O4. The topological polar surface area (TPSA) is 104 Å². The Hall–Kier alpha value is -2.38. The van der Waals surface area contributed by atoms with Crippen molar-refractivity contribution in [1.82, 2.24) is 20.4 Å². The molecule has 0 radical (unpaired) electrons. The molecule has 8 nitrogen and oxygen atoms in total. The second kappa shape index (κ2) is 6.18. The summed E-state index contributed by atoms with van der Waals surface area (Å²) in [5.41, 5.74) is -0.187. The Morgan fingerprint density at radius 3 is 2.65 bits per heavy atom. The largest absolute Gasteiger partial charge is 0.453 e. The first-order valence-electron chi connectivity index (χ1n) is 6.29. The van der Waals surface area contributed by atoms with Crippen LogP contribution in [0.25, 0.3) is 0 Å². The van der Waals surface area contributed by atoms with Gasteiger partial charge < -0.3 is 15.0 Å². The van der Waals surface area contributed by atoms with Crippen molar-refractivity contribution in [2.75, 3.05) is 20.2 Å². The minimum Gasteiger partial charge on any atom is -0.453 e. The van der Waals surface area contributed by atoms with Crippen LogP contribution in [0.4, 0.5) is 4.79 Å². The molecule has 2 rings (SSSR count). The van der Waals surface area contributed by atoms with Gasteiger partial charge in [-0.05, 0) is 18.9 Å². The number of likely N-dealkylation sites (tertiary alicyclic amines) is 1. The number of aromatic nitrogens is 2. The second-order valence-electron chi connectivity index (χ2n) is 4.51. The van der Waals surface area contributed by atoms with Gasteiger partial charge in [-0.2, -0.15) is 5.10 Å². The van der Waals surface area contributed by atoms with Gasteiger partial charge in [0.25, 0.3) is 11.5 Å². The van der Waals surface area contributed by atoms with Gasteiger partial charge in [0, 0.05) is 25.2 Å². The number of piperidine rings is 1. The van der Waals surface area contributed by atoms with Crippen molar-refractivity contribution in [3.05, 3.63) is 28.2 Å². The minimum absolute atomic E-state index is 0.0165. The van der Waals surface area contributed by atoms with Crippen molar-refractivity contribution >= 4 is 12.0 Å². The first kappa shape index (κ1) is 14.0. The van der Waals surface area contributed by atoms with Gasteiger partial charge in [-0.15, -0.1) is 0 Å². The van der Waals surface area contributed by atoms with E-state index >= 15 is 0 Å². The van der Waals surface area contributed by atoms with Crippen LogP contribution in [0.1, 0.15) is 23.3 Å². The summed E-state index contributed by atoms with van der Waals surface area (Å²) >= 11 is 0. The maximum atomic E-state index is 11.9. The smallest absolute Gasteiger partial charge is 0.409 e. The van der Waals surface area contributed by atoms with E-state index in [-0.39, 0.29) is 29.3 Å². The minimum atomic E-state index is -0.354. The van der Waals surface area contributed by atoms with Crippen LogP contribution in [-0.4, -0.2) is 53.3 Å². The molecule has 8 heteroatoms. The Kier molecular flexibility index (Phi) is 4.34. The second-order valence-corrected chi connectivity index (χ2v) is 4.51. The average molecular weight is 280 g/mol. The van der Waals surface area contributed by atoms with Gasteiger partial charge in [-0.3, -0.25) is 9.59 Å². The lowest BCUT2D eigenvalue weighted by molar-refractivity contribution is 0.0886. The summed E-state index contributed by atoms with van der Waals surface area (Å²) in [4.78, 5) is 35.7. The quantitative estimate of drug-likeness (QED) is 0.776. The number of H-pyrrole nitrogens is 1. The van der Waals surface area contributed by atoms with Gasteiger partial charge in [0.2, 0.25) is 0 Å². The van der Waals surface area contributed by atoms with Crippen LogP contribution in [0.15, 0.2) is 16.9 Å². The van der Waals surface area contributed by atoms with Gasteiger partial charge in [0.1, 0.15) is 5.69 Å². The molecule has 1 aliphatic rings. The van der Waals surface area contributed by atoms with Crippen LogP contribution in [0.3, 0.4) is 0 Å².